The van der Waals surface area contributed by atoms with E-state index < -0.39 is 0 Å². The number of hydrogen-bond acceptors (Lipinski definition) is 3. The lowest BCUT2D eigenvalue weighted by Crippen LogP contribution is -1.99. The van der Waals surface area contributed by atoms with Crippen molar-refractivity contribution in [1.82, 2.24) is 14.5 Å². The standard InChI is InChI=1S/C58H35N3O/c1-2-15-36(16-3-1)58-59-52(35-53(60-58)50-25-14-24-49-48-23-10-13-28-56(48)62-57(49)50)39-31-38(32-40(33-39)61-54-26-11-8-21-46(54)47-22-9-12-27-55(47)61)37-29-30-45-43-19-5-4-17-41(43)42-18-6-7-20-44(42)51(45)34-37/h1-35H. The molecule has 13 aromatic rings. The van der Waals surface area contributed by atoms with Crippen LogP contribution < -0.4 is 0 Å². The van der Waals surface area contributed by atoms with Gasteiger partial charge >= 0.3 is 0 Å². The highest BCUT2D eigenvalue weighted by Crippen LogP contribution is 2.41. The fourth-order valence-electron chi connectivity index (χ4n) is 9.74. The second-order valence-corrected chi connectivity index (χ2v) is 16.1. The van der Waals surface area contributed by atoms with Crippen LogP contribution in [0.3, 0.4) is 0 Å². The van der Waals surface area contributed by atoms with E-state index in [2.05, 4.69) is 187 Å². The number of fused-ring (bicyclic) bond motifs is 12. The van der Waals surface area contributed by atoms with Gasteiger partial charge in [-0.1, -0.05) is 158 Å². The van der Waals surface area contributed by atoms with Crippen molar-refractivity contribution >= 4 is 76.1 Å². The highest BCUT2D eigenvalue weighted by Gasteiger charge is 2.20. The molecule has 13 rings (SSSR count). The first-order valence-corrected chi connectivity index (χ1v) is 21.1. The van der Waals surface area contributed by atoms with Crippen molar-refractivity contribution in [3.63, 3.8) is 0 Å². The third-order valence-electron chi connectivity index (χ3n) is 12.6. The number of para-hydroxylation sites is 4. The minimum atomic E-state index is 0.652. The first kappa shape index (κ1) is 34.5. The molecule has 0 saturated heterocycles. The van der Waals surface area contributed by atoms with Crippen LogP contribution in [0.1, 0.15) is 0 Å². The fraction of sp³-hybridized carbons (Fsp3) is 0. The lowest BCUT2D eigenvalue weighted by Gasteiger charge is -2.16. The van der Waals surface area contributed by atoms with Gasteiger partial charge in [0.05, 0.1) is 22.4 Å². The average Bonchev–Trinajstić information content (AvgIpc) is 3.90. The maximum Gasteiger partial charge on any atom is 0.160 e. The lowest BCUT2D eigenvalue weighted by atomic mass is 9.91. The van der Waals surface area contributed by atoms with Crippen LogP contribution in [0, 0.1) is 0 Å². The number of nitrogens with zero attached hydrogens (tertiary/aromatic N) is 3. The summed E-state index contributed by atoms with van der Waals surface area (Å²) in [5, 5.41) is 12.1. The van der Waals surface area contributed by atoms with E-state index >= 15 is 0 Å². The van der Waals surface area contributed by atoms with Crippen LogP contribution in [-0.2, 0) is 0 Å². The molecule has 0 aliphatic heterocycles. The molecule has 10 aromatic carbocycles. The number of hydrogen-bond donors (Lipinski definition) is 0. The van der Waals surface area contributed by atoms with Gasteiger partial charge in [0.25, 0.3) is 0 Å². The second kappa shape index (κ2) is 13.6. The van der Waals surface area contributed by atoms with Crippen molar-refractivity contribution in [3.8, 4) is 50.7 Å². The largest absolute Gasteiger partial charge is 0.455 e. The van der Waals surface area contributed by atoms with Gasteiger partial charge in [-0.2, -0.15) is 0 Å². The van der Waals surface area contributed by atoms with Gasteiger partial charge in [-0.25, -0.2) is 9.97 Å². The van der Waals surface area contributed by atoms with E-state index in [1.807, 2.05) is 30.3 Å². The third kappa shape index (κ3) is 5.33. The minimum Gasteiger partial charge on any atom is -0.455 e. The summed E-state index contributed by atoms with van der Waals surface area (Å²) in [4.78, 5) is 10.6. The summed E-state index contributed by atoms with van der Waals surface area (Å²) in [5.41, 5.74) is 11.7. The zero-order valence-electron chi connectivity index (χ0n) is 33.5. The molecular formula is C58H35N3O. The Morgan fingerprint density at radius 3 is 1.58 bits per heavy atom. The predicted molar refractivity (Wildman–Crippen MR) is 258 cm³/mol. The van der Waals surface area contributed by atoms with Crippen LogP contribution in [0.5, 0.6) is 0 Å². The van der Waals surface area contributed by atoms with Crippen molar-refractivity contribution < 1.29 is 4.42 Å². The monoisotopic (exact) mass is 789 g/mol. The molecule has 62 heavy (non-hydrogen) atoms. The van der Waals surface area contributed by atoms with Gasteiger partial charge in [-0.15, -0.1) is 0 Å². The predicted octanol–water partition coefficient (Wildman–Crippen LogP) is 15.6. The summed E-state index contributed by atoms with van der Waals surface area (Å²) in [6, 6.07) is 75.7. The van der Waals surface area contributed by atoms with E-state index in [1.54, 1.807) is 0 Å². The molecule has 0 amide bonds. The fourth-order valence-corrected chi connectivity index (χ4v) is 9.74. The Hall–Kier alpha value is -8.34. The molecule has 0 spiro atoms. The van der Waals surface area contributed by atoms with Gasteiger partial charge in [-0.3, -0.25) is 0 Å². The molecular weight excluding hydrogens is 755 g/mol. The van der Waals surface area contributed by atoms with Gasteiger partial charge < -0.3 is 8.98 Å². The lowest BCUT2D eigenvalue weighted by molar-refractivity contribution is 0.670. The smallest absolute Gasteiger partial charge is 0.160 e. The van der Waals surface area contributed by atoms with Crippen LogP contribution in [0.4, 0.5) is 0 Å². The van der Waals surface area contributed by atoms with Crippen molar-refractivity contribution in [1.29, 1.82) is 0 Å². The Bertz CT molecular complexity index is 3840. The molecule has 288 valence electrons. The molecule has 0 aliphatic rings. The van der Waals surface area contributed by atoms with E-state index in [4.69, 9.17) is 14.4 Å². The van der Waals surface area contributed by atoms with Gasteiger partial charge in [0, 0.05) is 43.9 Å². The van der Waals surface area contributed by atoms with Gasteiger partial charge in [-0.05, 0) is 98.0 Å². The summed E-state index contributed by atoms with van der Waals surface area (Å²) in [5.74, 6) is 0.652. The van der Waals surface area contributed by atoms with Crippen molar-refractivity contribution in [2.24, 2.45) is 0 Å². The van der Waals surface area contributed by atoms with Crippen LogP contribution in [0.25, 0.3) is 127 Å². The molecule has 0 atom stereocenters. The maximum absolute atomic E-state index is 6.58. The Morgan fingerprint density at radius 1 is 0.323 bits per heavy atom. The molecule has 4 nitrogen and oxygen atoms in total. The Morgan fingerprint density at radius 2 is 0.871 bits per heavy atom. The average molecular weight is 790 g/mol. The van der Waals surface area contributed by atoms with Gasteiger partial charge in [0.1, 0.15) is 11.2 Å². The molecule has 0 aliphatic carbocycles. The van der Waals surface area contributed by atoms with Crippen LogP contribution >= 0.6 is 0 Å². The molecule has 0 fully saturated rings. The SMILES string of the molecule is c1ccc(-c2nc(-c3cc(-c4ccc5c6ccccc6c6ccccc6c5c4)cc(-n4c5ccccc5c5ccccc54)c3)cc(-c3cccc4c3oc3ccccc34)n2)cc1. The van der Waals surface area contributed by atoms with E-state index in [1.165, 1.54) is 43.1 Å². The maximum atomic E-state index is 6.58. The number of rotatable bonds is 5. The van der Waals surface area contributed by atoms with Crippen LogP contribution in [0.15, 0.2) is 217 Å². The summed E-state index contributed by atoms with van der Waals surface area (Å²) < 4.78 is 8.98. The minimum absolute atomic E-state index is 0.652. The third-order valence-corrected chi connectivity index (χ3v) is 12.6. The quantitative estimate of drug-likeness (QED) is 0.163. The molecule has 0 N–H and O–H groups in total. The Kier molecular flexibility index (Phi) is 7.57. The summed E-state index contributed by atoms with van der Waals surface area (Å²) in [6.07, 6.45) is 0. The highest BCUT2D eigenvalue weighted by atomic mass is 16.3. The summed E-state index contributed by atoms with van der Waals surface area (Å²) >= 11 is 0. The topological polar surface area (TPSA) is 43.9 Å². The molecule has 0 saturated carbocycles. The van der Waals surface area contributed by atoms with Crippen molar-refractivity contribution in [3.05, 3.63) is 212 Å². The van der Waals surface area contributed by atoms with Crippen LogP contribution in [0.2, 0.25) is 0 Å². The molecule has 0 bridgehead atoms. The molecule has 0 unspecified atom stereocenters. The number of benzene rings is 10. The first-order valence-electron chi connectivity index (χ1n) is 21.1. The molecule has 0 radical (unpaired) electrons. The normalized spacial score (nSPS) is 11.9. The first-order chi connectivity index (χ1) is 30.7. The van der Waals surface area contributed by atoms with Gasteiger partial charge in [0.15, 0.2) is 5.82 Å². The summed E-state index contributed by atoms with van der Waals surface area (Å²) in [7, 11) is 0. The number of furan rings is 1. The highest BCUT2D eigenvalue weighted by molar-refractivity contribution is 6.25. The Balaban J connectivity index is 1.10. The zero-order chi connectivity index (χ0) is 40.7. The molecule has 4 heteroatoms. The summed E-state index contributed by atoms with van der Waals surface area (Å²) in [6.45, 7) is 0. The van der Waals surface area contributed by atoms with Gasteiger partial charge in [0.2, 0.25) is 0 Å². The van der Waals surface area contributed by atoms with Crippen molar-refractivity contribution in [2.45, 2.75) is 0 Å². The van der Waals surface area contributed by atoms with E-state index in [0.29, 0.717) is 5.82 Å². The molecule has 3 heterocycles. The van der Waals surface area contributed by atoms with Crippen LogP contribution in [-0.4, -0.2) is 14.5 Å². The van der Waals surface area contributed by atoms with E-state index in [-0.39, 0.29) is 0 Å². The van der Waals surface area contributed by atoms with E-state index in [0.717, 1.165) is 77.9 Å². The Labute approximate surface area is 356 Å². The number of aromatic nitrogens is 3. The molecule has 3 aromatic heterocycles. The second-order valence-electron chi connectivity index (χ2n) is 16.1. The van der Waals surface area contributed by atoms with Crippen molar-refractivity contribution in [2.75, 3.05) is 0 Å². The zero-order valence-corrected chi connectivity index (χ0v) is 33.5. The van der Waals surface area contributed by atoms with E-state index in [9.17, 15) is 0 Å².